The van der Waals surface area contributed by atoms with E-state index in [9.17, 15) is 0 Å². The summed E-state index contributed by atoms with van der Waals surface area (Å²) in [6.45, 7) is 16.5. The van der Waals surface area contributed by atoms with Crippen LogP contribution in [0.1, 0.15) is 73.6 Å². The largest absolute Gasteiger partial charge is 0.375 e. The van der Waals surface area contributed by atoms with Crippen LogP contribution in [0.25, 0.3) is 0 Å². The quantitative estimate of drug-likeness (QED) is 0.659. The van der Waals surface area contributed by atoms with Crippen LogP contribution in [0.2, 0.25) is 0 Å². The van der Waals surface area contributed by atoms with E-state index in [4.69, 9.17) is 4.74 Å². The molecule has 0 aromatic carbocycles. The van der Waals surface area contributed by atoms with Crippen LogP contribution in [-0.2, 0) is 4.74 Å². The Labute approximate surface area is 132 Å². The van der Waals surface area contributed by atoms with Crippen molar-refractivity contribution in [3.8, 4) is 0 Å². The number of fused-ring (bicyclic) bond motifs is 2. The summed E-state index contributed by atoms with van der Waals surface area (Å²) in [6, 6.07) is 0. The monoisotopic (exact) mass is 295 g/mol. The van der Waals surface area contributed by atoms with Crippen molar-refractivity contribution in [2.75, 3.05) is 13.1 Å². The van der Waals surface area contributed by atoms with Gasteiger partial charge in [-0.15, -0.1) is 0 Å². The molecular weight excluding hydrogens is 258 g/mol. The molecule has 0 heterocycles. The Balaban J connectivity index is 1.71. The average Bonchev–Trinajstić information content (AvgIpc) is 2.71. The Bertz CT molecular complexity index is 338. The third-order valence-corrected chi connectivity index (χ3v) is 6.63. The van der Waals surface area contributed by atoms with Crippen molar-refractivity contribution in [3.05, 3.63) is 0 Å². The Morgan fingerprint density at radius 1 is 1.19 bits per heavy atom. The van der Waals surface area contributed by atoms with E-state index in [1.54, 1.807) is 0 Å². The van der Waals surface area contributed by atoms with Gasteiger partial charge >= 0.3 is 0 Å². The summed E-state index contributed by atoms with van der Waals surface area (Å²) in [5, 5.41) is 3.53. The molecule has 0 amide bonds. The number of nitrogens with one attached hydrogen (secondary N) is 1. The topological polar surface area (TPSA) is 21.3 Å². The van der Waals surface area contributed by atoms with Crippen LogP contribution in [0.3, 0.4) is 0 Å². The second-order valence-corrected chi connectivity index (χ2v) is 8.79. The maximum Gasteiger partial charge on any atom is 0.0640 e. The van der Waals surface area contributed by atoms with E-state index in [1.807, 2.05) is 0 Å². The second-order valence-electron chi connectivity index (χ2n) is 8.79. The highest BCUT2D eigenvalue weighted by atomic mass is 16.5. The van der Waals surface area contributed by atoms with E-state index in [1.165, 1.54) is 32.1 Å². The van der Waals surface area contributed by atoms with Gasteiger partial charge in [-0.2, -0.15) is 0 Å². The van der Waals surface area contributed by atoms with Crippen LogP contribution >= 0.6 is 0 Å². The minimum Gasteiger partial charge on any atom is -0.375 e. The average molecular weight is 296 g/mol. The fourth-order valence-electron chi connectivity index (χ4n) is 4.59. The molecule has 0 spiro atoms. The Morgan fingerprint density at radius 2 is 1.90 bits per heavy atom. The van der Waals surface area contributed by atoms with Crippen molar-refractivity contribution in [1.82, 2.24) is 5.32 Å². The van der Waals surface area contributed by atoms with Gasteiger partial charge in [0.2, 0.25) is 0 Å². The Kier molecular flexibility index (Phi) is 5.41. The van der Waals surface area contributed by atoms with Crippen molar-refractivity contribution >= 4 is 0 Å². The maximum atomic E-state index is 6.48. The van der Waals surface area contributed by atoms with Crippen molar-refractivity contribution in [2.45, 2.75) is 85.9 Å². The van der Waals surface area contributed by atoms with Gasteiger partial charge in [-0.25, -0.2) is 0 Å². The molecule has 4 unspecified atom stereocenters. The molecule has 0 radical (unpaired) electrons. The summed E-state index contributed by atoms with van der Waals surface area (Å²) < 4.78 is 6.48. The third-order valence-electron chi connectivity index (χ3n) is 6.63. The summed E-state index contributed by atoms with van der Waals surface area (Å²) in [6.07, 6.45) is 7.37. The Morgan fingerprint density at radius 3 is 2.43 bits per heavy atom. The molecule has 124 valence electrons. The van der Waals surface area contributed by atoms with E-state index >= 15 is 0 Å². The summed E-state index contributed by atoms with van der Waals surface area (Å²) in [5.41, 5.74) is 0.873. The fourth-order valence-corrected chi connectivity index (χ4v) is 4.59. The highest BCUT2D eigenvalue weighted by Gasteiger charge is 2.62. The van der Waals surface area contributed by atoms with Gasteiger partial charge in [0, 0.05) is 0 Å². The molecule has 2 saturated carbocycles. The standard InChI is InChI=1S/C19H37NO/c1-14(2)13-20-11-7-8-15(3)21-17-12-16-9-10-19(17,6)18(16,4)5/h14-17,20H,7-13H2,1-6H3. The molecule has 2 aliphatic carbocycles. The number of rotatable bonds is 8. The Hall–Kier alpha value is -0.0800. The molecule has 2 bridgehead atoms. The highest BCUT2D eigenvalue weighted by molar-refractivity contribution is 5.11. The van der Waals surface area contributed by atoms with Crippen LogP contribution in [0.5, 0.6) is 0 Å². The van der Waals surface area contributed by atoms with Gasteiger partial charge in [0.25, 0.3) is 0 Å². The molecule has 2 heteroatoms. The number of ether oxygens (including phenoxy) is 1. The zero-order valence-corrected chi connectivity index (χ0v) is 15.2. The molecule has 2 rings (SSSR count). The lowest BCUT2D eigenvalue weighted by Gasteiger charge is -2.40. The number of hydrogen-bond acceptors (Lipinski definition) is 2. The predicted octanol–water partition coefficient (Wildman–Crippen LogP) is 4.63. The number of hydrogen-bond donors (Lipinski definition) is 1. The zero-order valence-electron chi connectivity index (χ0n) is 15.2. The first kappa shape index (κ1) is 17.3. The molecule has 21 heavy (non-hydrogen) atoms. The summed E-state index contributed by atoms with van der Waals surface area (Å²) in [7, 11) is 0. The summed E-state index contributed by atoms with van der Waals surface area (Å²) >= 11 is 0. The predicted molar refractivity (Wildman–Crippen MR) is 90.5 cm³/mol. The summed E-state index contributed by atoms with van der Waals surface area (Å²) in [4.78, 5) is 0. The van der Waals surface area contributed by atoms with Gasteiger partial charge < -0.3 is 10.1 Å². The van der Waals surface area contributed by atoms with E-state index in [-0.39, 0.29) is 0 Å². The molecule has 0 saturated heterocycles. The molecule has 1 N–H and O–H groups in total. The fraction of sp³-hybridized carbons (Fsp3) is 1.00. The van der Waals surface area contributed by atoms with Gasteiger partial charge in [0.1, 0.15) is 0 Å². The zero-order chi connectivity index (χ0) is 15.7. The molecule has 4 atom stereocenters. The molecule has 2 nitrogen and oxygen atoms in total. The van der Waals surface area contributed by atoms with Crippen LogP contribution < -0.4 is 5.32 Å². The highest BCUT2D eigenvalue weighted by Crippen LogP contribution is 2.66. The van der Waals surface area contributed by atoms with Gasteiger partial charge in [-0.3, -0.25) is 0 Å². The molecule has 0 aliphatic heterocycles. The van der Waals surface area contributed by atoms with Crippen molar-refractivity contribution in [2.24, 2.45) is 22.7 Å². The minimum absolute atomic E-state index is 0.405. The lowest BCUT2D eigenvalue weighted by Crippen LogP contribution is -2.38. The first-order valence-electron chi connectivity index (χ1n) is 9.13. The normalized spacial score (nSPS) is 35.6. The van der Waals surface area contributed by atoms with Crippen molar-refractivity contribution in [1.29, 1.82) is 0 Å². The first-order chi connectivity index (χ1) is 9.77. The first-order valence-corrected chi connectivity index (χ1v) is 9.13. The van der Waals surface area contributed by atoms with E-state index in [0.29, 0.717) is 23.0 Å². The lowest BCUT2D eigenvalue weighted by molar-refractivity contribution is -0.0826. The van der Waals surface area contributed by atoms with Gasteiger partial charge in [0.15, 0.2) is 0 Å². The molecular formula is C19H37NO. The van der Waals surface area contributed by atoms with Crippen LogP contribution in [0.15, 0.2) is 0 Å². The SMILES string of the molecule is CC(C)CNCCCC(C)OC1CC2CCC1(C)C2(C)C. The smallest absolute Gasteiger partial charge is 0.0640 e. The molecule has 0 aromatic heterocycles. The molecule has 2 fully saturated rings. The summed E-state index contributed by atoms with van der Waals surface area (Å²) in [5.74, 6) is 1.63. The third kappa shape index (κ3) is 3.47. The minimum atomic E-state index is 0.405. The van der Waals surface area contributed by atoms with Crippen molar-refractivity contribution < 1.29 is 4.74 Å². The maximum absolute atomic E-state index is 6.48. The van der Waals surface area contributed by atoms with Gasteiger partial charge in [0.05, 0.1) is 12.2 Å². The van der Waals surface area contributed by atoms with Crippen LogP contribution in [0.4, 0.5) is 0 Å². The van der Waals surface area contributed by atoms with E-state index in [0.717, 1.165) is 24.9 Å². The van der Waals surface area contributed by atoms with Gasteiger partial charge in [-0.1, -0.05) is 34.6 Å². The molecule has 0 aromatic rings. The molecule has 2 aliphatic rings. The van der Waals surface area contributed by atoms with Crippen LogP contribution in [0, 0.1) is 22.7 Å². The van der Waals surface area contributed by atoms with E-state index < -0.39 is 0 Å². The second kappa shape index (κ2) is 6.58. The van der Waals surface area contributed by atoms with Gasteiger partial charge in [-0.05, 0) is 74.8 Å². The van der Waals surface area contributed by atoms with Crippen LogP contribution in [-0.4, -0.2) is 25.3 Å². The van der Waals surface area contributed by atoms with E-state index in [2.05, 4.69) is 46.9 Å². The van der Waals surface area contributed by atoms with Crippen molar-refractivity contribution in [3.63, 3.8) is 0 Å². The lowest BCUT2D eigenvalue weighted by atomic mass is 9.70.